The van der Waals surface area contributed by atoms with E-state index in [0.717, 1.165) is 33.2 Å². The van der Waals surface area contributed by atoms with Crippen molar-refractivity contribution >= 4 is 10.8 Å². The average molecular weight is 552 g/mol. The minimum atomic E-state index is -0.110. The summed E-state index contributed by atoms with van der Waals surface area (Å²) in [6, 6.07) is 48.9. The quantitative estimate of drug-likeness (QED) is 0.218. The Labute approximate surface area is 251 Å². The Balaban J connectivity index is 1.34. The Morgan fingerprint density at radius 2 is 0.977 bits per heavy atom. The molecule has 7 aromatic rings. The Morgan fingerprint density at radius 1 is 0.395 bits per heavy atom. The molecule has 0 saturated carbocycles. The predicted octanol–water partition coefficient (Wildman–Crippen LogP) is 10.00. The van der Waals surface area contributed by atoms with E-state index in [4.69, 9.17) is 15.0 Å². The van der Waals surface area contributed by atoms with Crippen LogP contribution in [0.2, 0.25) is 0 Å². The van der Waals surface area contributed by atoms with E-state index in [2.05, 4.69) is 129 Å². The highest BCUT2D eigenvalue weighted by Gasteiger charge is 2.36. The highest BCUT2D eigenvalue weighted by Crippen LogP contribution is 2.51. The lowest BCUT2D eigenvalue weighted by atomic mass is 9.80. The summed E-state index contributed by atoms with van der Waals surface area (Å²) < 4.78 is 0. The molecule has 0 unspecified atom stereocenters. The fraction of sp³-hybridized carbons (Fsp3) is 0.0750. The molecule has 0 fully saturated rings. The smallest absolute Gasteiger partial charge is 0.164 e. The van der Waals surface area contributed by atoms with E-state index in [9.17, 15) is 0 Å². The minimum Gasteiger partial charge on any atom is -0.208 e. The maximum absolute atomic E-state index is 5.13. The van der Waals surface area contributed by atoms with Gasteiger partial charge < -0.3 is 0 Å². The van der Waals surface area contributed by atoms with Gasteiger partial charge in [-0.1, -0.05) is 147 Å². The van der Waals surface area contributed by atoms with Gasteiger partial charge in [0.2, 0.25) is 0 Å². The largest absolute Gasteiger partial charge is 0.208 e. The normalized spacial score (nSPS) is 13.1. The number of fused-ring (bicyclic) bond motifs is 5. The molecule has 1 aliphatic rings. The third-order valence-corrected chi connectivity index (χ3v) is 8.71. The monoisotopic (exact) mass is 551 g/mol. The van der Waals surface area contributed by atoms with Crippen LogP contribution in [0, 0.1) is 0 Å². The van der Waals surface area contributed by atoms with E-state index in [1.54, 1.807) is 0 Å². The first-order valence-corrected chi connectivity index (χ1v) is 14.7. The molecule has 3 nitrogen and oxygen atoms in total. The summed E-state index contributed by atoms with van der Waals surface area (Å²) in [5.74, 6) is 2.00. The second-order valence-corrected chi connectivity index (χ2v) is 11.7. The first kappa shape index (κ1) is 25.3. The zero-order valence-corrected chi connectivity index (χ0v) is 24.1. The highest BCUT2D eigenvalue weighted by atomic mass is 15.0. The van der Waals surface area contributed by atoms with Gasteiger partial charge in [-0.15, -0.1) is 0 Å². The van der Waals surface area contributed by atoms with Crippen molar-refractivity contribution in [2.24, 2.45) is 0 Å². The standard InChI is InChI=1S/C40H29N3/c1-40(2)35-22-10-9-19-31(35)33-24-23-30-32(36(33)40)20-12-21-34(30)39-42-37(27-15-7-4-8-16-27)41-38(43-39)29-18-11-17-28(25-29)26-13-5-3-6-14-26/h3-25H,1-2H3. The third-order valence-electron chi connectivity index (χ3n) is 8.71. The van der Waals surface area contributed by atoms with Gasteiger partial charge in [0.25, 0.3) is 0 Å². The molecule has 0 amide bonds. The van der Waals surface area contributed by atoms with Gasteiger partial charge in [0, 0.05) is 22.1 Å². The van der Waals surface area contributed by atoms with Crippen LogP contribution in [0.5, 0.6) is 0 Å². The minimum absolute atomic E-state index is 0.110. The maximum Gasteiger partial charge on any atom is 0.164 e. The van der Waals surface area contributed by atoms with Crippen LogP contribution in [0.4, 0.5) is 0 Å². The highest BCUT2D eigenvalue weighted by molar-refractivity contribution is 6.03. The van der Waals surface area contributed by atoms with Crippen molar-refractivity contribution in [3.63, 3.8) is 0 Å². The first-order chi connectivity index (χ1) is 21.1. The van der Waals surface area contributed by atoms with Crippen molar-refractivity contribution in [1.29, 1.82) is 0 Å². The van der Waals surface area contributed by atoms with Crippen LogP contribution in [0.1, 0.15) is 25.0 Å². The SMILES string of the molecule is CC1(C)c2ccccc2-c2ccc3c(-c4nc(-c5ccccc5)nc(-c5cccc(-c6ccccc6)c5)n4)cccc3c21. The molecule has 0 atom stereocenters. The van der Waals surface area contributed by atoms with Crippen molar-refractivity contribution in [2.75, 3.05) is 0 Å². The van der Waals surface area contributed by atoms with E-state index >= 15 is 0 Å². The summed E-state index contributed by atoms with van der Waals surface area (Å²) in [6.07, 6.45) is 0. The maximum atomic E-state index is 5.13. The molecular formula is C40H29N3. The Kier molecular flexibility index (Phi) is 5.80. The first-order valence-electron chi connectivity index (χ1n) is 14.7. The van der Waals surface area contributed by atoms with Crippen molar-refractivity contribution in [3.8, 4) is 56.4 Å². The van der Waals surface area contributed by atoms with Crippen LogP contribution in [-0.4, -0.2) is 15.0 Å². The molecule has 43 heavy (non-hydrogen) atoms. The summed E-state index contributed by atoms with van der Waals surface area (Å²) >= 11 is 0. The van der Waals surface area contributed by atoms with Gasteiger partial charge in [-0.05, 0) is 50.2 Å². The lowest BCUT2D eigenvalue weighted by Gasteiger charge is -2.23. The van der Waals surface area contributed by atoms with Gasteiger partial charge in [-0.25, -0.2) is 15.0 Å². The van der Waals surface area contributed by atoms with Crippen LogP contribution in [0.3, 0.4) is 0 Å². The second kappa shape index (κ2) is 9.85. The van der Waals surface area contributed by atoms with Gasteiger partial charge in [0.1, 0.15) is 0 Å². The van der Waals surface area contributed by atoms with Gasteiger partial charge in [-0.2, -0.15) is 0 Å². The molecule has 1 heterocycles. The third kappa shape index (κ3) is 4.16. The molecule has 0 radical (unpaired) electrons. The predicted molar refractivity (Wildman–Crippen MR) is 177 cm³/mol. The van der Waals surface area contributed by atoms with Crippen molar-refractivity contribution < 1.29 is 0 Å². The van der Waals surface area contributed by atoms with Crippen molar-refractivity contribution in [3.05, 3.63) is 151 Å². The van der Waals surface area contributed by atoms with Crippen molar-refractivity contribution in [2.45, 2.75) is 19.3 Å². The average Bonchev–Trinajstić information content (AvgIpc) is 3.31. The zero-order valence-electron chi connectivity index (χ0n) is 24.1. The molecule has 0 spiro atoms. The number of hydrogen-bond donors (Lipinski definition) is 0. The molecule has 8 rings (SSSR count). The van der Waals surface area contributed by atoms with Crippen LogP contribution < -0.4 is 0 Å². The number of aromatic nitrogens is 3. The Hall–Kier alpha value is -5.41. The summed E-state index contributed by atoms with van der Waals surface area (Å²) in [5.41, 5.74) is 10.5. The molecule has 1 aromatic heterocycles. The number of nitrogens with zero attached hydrogens (tertiary/aromatic N) is 3. The van der Waals surface area contributed by atoms with E-state index in [1.807, 2.05) is 24.3 Å². The topological polar surface area (TPSA) is 38.7 Å². The van der Waals surface area contributed by atoms with Crippen LogP contribution >= 0.6 is 0 Å². The molecule has 204 valence electrons. The van der Waals surface area contributed by atoms with Crippen LogP contribution in [-0.2, 0) is 5.41 Å². The fourth-order valence-electron chi connectivity index (χ4n) is 6.66. The van der Waals surface area contributed by atoms with Gasteiger partial charge >= 0.3 is 0 Å². The molecule has 0 saturated heterocycles. The van der Waals surface area contributed by atoms with Gasteiger partial charge in [0.15, 0.2) is 17.5 Å². The summed E-state index contributed by atoms with van der Waals surface area (Å²) in [5, 5.41) is 2.39. The van der Waals surface area contributed by atoms with E-state index in [1.165, 1.54) is 27.6 Å². The van der Waals surface area contributed by atoms with E-state index < -0.39 is 0 Å². The zero-order chi connectivity index (χ0) is 29.0. The molecule has 1 aliphatic carbocycles. The molecular weight excluding hydrogens is 522 g/mol. The van der Waals surface area contributed by atoms with Gasteiger partial charge in [0.05, 0.1) is 0 Å². The molecule has 3 heteroatoms. The lowest BCUT2D eigenvalue weighted by molar-refractivity contribution is 0.666. The molecule has 0 aliphatic heterocycles. The summed E-state index contributed by atoms with van der Waals surface area (Å²) in [7, 11) is 0. The summed E-state index contributed by atoms with van der Waals surface area (Å²) in [6.45, 7) is 4.66. The van der Waals surface area contributed by atoms with Gasteiger partial charge in [-0.3, -0.25) is 0 Å². The fourth-order valence-corrected chi connectivity index (χ4v) is 6.66. The number of benzene rings is 6. The van der Waals surface area contributed by atoms with Crippen molar-refractivity contribution in [1.82, 2.24) is 15.0 Å². The number of hydrogen-bond acceptors (Lipinski definition) is 3. The Morgan fingerprint density at radius 3 is 1.77 bits per heavy atom. The van der Waals surface area contributed by atoms with E-state index in [-0.39, 0.29) is 5.41 Å². The van der Waals surface area contributed by atoms with E-state index in [0.29, 0.717) is 17.5 Å². The number of rotatable bonds is 4. The molecule has 6 aromatic carbocycles. The van der Waals surface area contributed by atoms with Crippen LogP contribution in [0.15, 0.2) is 140 Å². The summed E-state index contributed by atoms with van der Waals surface area (Å²) in [4.78, 5) is 15.2. The molecule has 0 N–H and O–H groups in total. The Bertz CT molecular complexity index is 2150. The second-order valence-electron chi connectivity index (χ2n) is 11.7. The lowest BCUT2D eigenvalue weighted by Crippen LogP contribution is -2.15. The molecule has 0 bridgehead atoms. The van der Waals surface area contributed by atoms with Crippen LogP contribution in [0.25, 0.3) is 67.2 Å².